The normalized spacial score (nSPS) is 20.3. The molecule has 2 aromatic rings. The second-order valence-corrected chi connectivity index (χ2v) is 10.2. The highest BCUT2D eigenvalue weighted by atomic mass is 35.5. The first kappa shape index (κ1) is 22.0. The Morgan fingerprint density at radius 1 is 1.09 bits per heavy atom. The van der Waals surface area contributed by atoms with E-state index in [2.05, 4.69) is 41.8 Å². The Morgan fingerprint density at radius 2 is 1.81 bits per heavy atom. The minimum atomic E-state index is -0.884. The summed E-state index contributed by atoms with van der Waals surface area (Å²) in [7, 11) is 0. The molecule has 2 aromatic carbocycles. The van der Waals surface area contributed by atoms with E-state index in [1.165, 1.54) is 12.8 Å². The molecule has 0 bridgehead atoms. The van der Waals surface area contributed by atoms with E-state index in [1.54, 1.807) is 12.1 Å². The van der Waals surface area contributed by atoms with Crippen LogP contribution in [0.4, 0.5) is 11.4 Å². The van der Waals surface area contributed by atoms with E-state index in [9.17, 15) is 4.79 Å². The number of fused-ring (bicyclic) bond motifs is 1. The van der Waals surface area contributed by atoms with Crippen LogP contribution in [0.1, 0.15) is 32.3 Å². The number of para-hydroxylation sites is 2. The van der Waals surface area contributed by atoms with Gasteiger partial charge in [-0.15, -0.1) is 0 Å². The summed E-state index contributed by atoms with van der Waals surface area (Å²) in [5, 5.41) is 1.20. The molecule has 170 valence electrons. The second kappa shape index (κ2) is 8.53. The number of likely N-dealkylation sites (tertiary alicyclic amines) is 1. The molecule has 0 aromatic heterocycles. The van der Waals surface area contributed by atoms with Crippen molar-refractivity contribution < 1.29 is 9.53 Å². The average Bonchev–Trinajstić information content (AvgIpc) is 3.59. The molecule has 1 saturated heterocycles. The molecule has 5 nitrogen and oxygen atoms in total. The first-order chi connectivity index (χ1) is 15.4. The van der Waals surface area contributed by atoms with Gasteiger partial charge in [-0.05, 0) is 62.6 Å². The Labute approximate surface area is 199 Å². The quantitative estimate of drug-likeness (QED) is 0.591. The molecule has 0 radical (unpaired) electrons. The maximum atomic E-state index is 14.0. The Bertz CT molecular complexity index is 1020. The summed E-state index contributed by atoms with van der Waals surface area (Å²) in [4.78, 5) is 20.7. The number of benzene rings is 2. The van der Waals surface area contributed by atoms with Crippen molar-refractivity contribution in [2.75, 3.05) is 36.0 Å². The van der Waals surface area contributed by atoms with E-state index in [0.29, 0.717) is 41.8 Å². The minimum absolute atomic E-state index is 0.0375. The van der Waals surface area contributed by atoms with Crippen molar-refractivity contribution in [1.29, 1.82) is 0 Å². The molecule has 3 aliphatic rings. The highest BCUT2D eigenvalue weighted by Gasteiger charge is 2.54. The zero-order valence-electron chi connectivity index (χ0n) is 18.6. The van der Waals surface area contributed by atoms with Crippen LogP contribution in [-0.2, 0) is 16.1 Å². The number of nitrogens with zero attached hydrogens (tertiary/aromatic N) is 3. The molecule has 5 rings (SSSR count). The third kappa shape index (κ3) is 4.01. The van der Waals surface area contributed by atoms with E-state index in [0.717, 1.165) is 23.5 Å². The van der Waals surface area contributed by atoms with Crippen LogP contribution < -0.4 is 9.80 Å². The number of carbonyl (C=O) groups is 1. The van der Waals surface area contributed by atoms with Gasteiger partial charge < -0.3 is 14.5 Å². The summed E-state index contributed by atoms with van der Waals surface area (Å²) < 4.78 is 6.40. The van der Waals surface area contributed by atoms with Crippen LogP contribution in [0.3, 0.4) is 0 Å². The van der Waals surface area contributed by atoms with Gasteiger partial charge in [-0.25, -0.2) is 0 Å². The molecular formula is C25H29Cl2N3O2. The topological polar surface area (TPSA) is 36.0 Å². The number of ether oxygens (including phenoxy) is 1. The zero-order valence-corrected chi connectivity index (χ0v) is 20.1. The van der Waals surface area contributed by atoms with Crippen LogP contribution >= 0.6 is 23.2 Å². The number of anilines is 2. The predicted octanol–water partition coefficient (Wildman–Crippen LogP) is 4.99. The lowest BCUT2D eigenvalue weighted by Crippen LogP contribution is -2.72. The minimum Gasteiger partial charge on any atom is -0.365 e. The summed E-state index contributed by atoms with van der Waals surface area (Å²) >= 11 is 12.5. The largest absolute Gasteiger partial charge is 0.365 e. The van der Waals surface area contributed by atoms with E-state index in [4.69, 9.17) is 27.9 Å². The van der Waals surface area contributed by atoms with Gasteiger partial charge in [-0.1, -0.05) is 35.3 Å². The molecule has 2 fully saturated rings. The molecular weight excluding hydrogens is 445 g/mol. The zero-order chi connectivity index (χ0) is 22.5. The van der Waals surface area contributed by atoms with Gasteiger partial charge in [0, 0.05) is 48.3 Å². The van der Waals surface area contributed by atoms with Crippen LogP contribution in [0.2, 0.25) is 10.0 Å². The Balaban J connectivity index is 1.41. The third-order valence-corrected chi connectivity index (χ3v) is 7.43. The lowest BCUT2D eigenvalue weighted by atomic mass is 9.89. The number of rotatable bonds is 6. The van der Waals surface area contributed by atoms with Crippen molar-refractivity contribution in [3.05, 3.63) is 58.1 Å². The van der Waals surface area contributed by atoms with Crippen molar-refractivity contribution >= 4 is 40.5 Å². The van der Waals surface area contributed by atoms with Gasteiger partial charge in [0.05, 0.1) is 18.0 Å². The van der Waals surface area contributed by atoms with Crippen molar-refractivity contribution in [1.82, 2.24) is 4.90 Å². The van der Waals surface area contributed by atoms with Crippen molar-refractivity contribution in [2.45, 2.75) is 51.0 Å². The summed E-state index contributed by atoms with van der Waals surface area (Å²) in [6.45, 7) is 7.23. The van der Waals surface area contributed by atoms with Gasteiger partial charge in [0.15, 0.2) is 5.60 Å². The van der Waals surface area contributed by atoms with Gasteiger partial charge in [0.2, 0.25) is 0 Å². The SMILES string of the molecule is CC(C)N1CC(OCc2cc(Cl)ccc2Cl)(C(=O)N2CCN(C3CC3)c3ccccc32)C1. The van der Waals surface area contributed by atoms with Crippen molar-refractivity contribution in [3.63, 3.8) is 0 Å². The molecule has 0 unspecified atom stereocenters. The smallest absolute Gasteiger partial charge is 0.262 e. The van der Waals surface area contributed by atoms with Crippen LogP contribution in [-0.4, -0.2) is 54.7 Å². The standard InChI is InChI=1S/C25H29Cl2N3O2/c1-17(2)28-15-25(16-28,32-14-18-13-19(26)7-10-21(18)27)24(31)30-12-11-29(20-8-9-20)22-5-3-4-6-23(22)30/h3-7,10,13,17,20H,8-9,11-12,14-16H2,1-2H3. The predicted molar refractivity (Wildman–Crippen MR) is 130 cm³/mol. The monoisotopic (exact) mass is 473 g/mol. The van der Waals surface area contributed by atoms with E-state index < -0.39 is 5.60 Å². The molecule has 7 heteroatoms. The summed E-state index contributed by atoms with van der Waals surface area (Å²) in [5.41, 5.74) is 2.06. The van der Waals surface area contributed by atoms with Crippen molar-refractivity contribution in [2.24, 2.45) is 0 Å². The fourth-order valence-electron chi connectivity index (χ4n) is 4.74. The van der Waals surface area contributed by atoms with Gasteiger partial charge in [0.25, 0.3) is 5.91 Å². The number of hydrogen-bond donors (Lipinski definition) is 0. The second-order valence-electron chi connectivity index (χ2n) is 9.39. The van der Waals surface area contributed by atoms with Crippen molar-refractivity contribution in [3.8, 4) is 0 Å². The molecule has 1 amide bonds. The number of hydrogen-bond acceptors (Lipinski definition) is 4. The lowest BCUT2D eigenvalue weighted by molar-refractivity contribution is -0.179. The average molecular weight is 474 g/mol. The molecule has 0 atom stereocenters. The summed E-state index contributed by atoms with van der Waals surface area (Å²) in [5.74, 6) is 0.0375. The molecule has 32 heavy (non-hydrogen) atoms. The molecule has 1 saturated carbocycles. The Morgan fingerprint density at radius 3 is 2.50 bits per heavy atom. The van der Waals surface area contributed by atoms with Gasteiger partial charge in [-0.3, -0.25) is 9.69 Å². The third-order valence-electron chi connectivity index (χ3n) is 6.83. The van der Waals surface area contributed by atoms with Gasteiger partial charge >= 0.3 is 0 Å². The number of halogens is 2. The number of carbonyl (C=O) groups excluding carboxylic acids is 1. The molecule has 0 N–H and O–H groups in total. The van der Waals surface area contributed by atoms with E-state index in [-0.39, 0.29) is 12.5 Å². The van der Waals surface area contributed by atoms with Crippen LogP contribution in [0.5, 0.6) is 0 Å². The van der Waals surface area contributed by atoms with Crippen LogP contribution in [0, 0.1) is 0 Å². The van der Waals surface area contributed by atoms with E-state index >= 15 is 0 Å². The van der Waals surface area contributed by atoms with Gasteiger partial charge in [0.1, 0.15) is 0 Å². The summed E-state index contributed by atoms with van der Waals surface area (Å²) in [6.07, 6.45) is 2.47. The summed E-state index contributed by atoms with van der Waals surface area (Å²) in [6, 6.07) is 14.6. The fraction of sp³-hybridized carbons (Fsp3) is 0.480. The molecule has 0 spiro atoms. The molecule has 1 aliphatic carbocycles. The fourth-order valence-corrected chi connectivity index (χ4v) is 5.11. The lowest BCUT2D eigenvalue weighted by Gasteiger charge is -2.52. The maximum Gasteiger partial charge on any atom is 0.262 e. The maximum absolute atomic E-state index is 14.0. The van der Waals surface area contributed by atoms with Crippen LogP contribution in [0.15, 0.2) is 42.5 Å². The Kier molecular flexibility index (Phi) is 5.87. The highest BCUT2D eigenvalue weighted by molar-refractivity contribution is 6.33. The highest BCUT2D eigenvalue weighted by Crippen LogP contribution is 2.42. The van der Waals surface area contributed by atoms with E-state index in [1.807, 2.05) is 17.0 Å². The number of amides is 1. The molecule has 2 aliphatic heterocycles. The molecule has 2 heterocycles. The Hall–Kier alpha value is -1.79. The first-order valence-corrected chi connectivity index (χ1v) is 12.1. The van der Waals surface area contributed by atoms with Crippen LogP contribution in [0.25, 0.3) is 0 Å². The first-order valence-electron chi connectivity index (χ1n) is 11.4. The van der Waals surface area contributed by atoms with Gasteiger partial charge in [-0.2, -0.15) is 0 Å².